The third kappa shape index (κ3) is 2.98. The molecule has 1 aromatic heterocycles. The van der Waals surface area contributed by atoms with E-state index in [9.17, 15) is 4.79 Å². The van der Waals surface area contributed by atoms with E-state index >= 15 is 0 Å². The number of carbonyl (C=O) groups is 1. The number of nitrogens with zero attached hydrogens (tertiary/aromatic N) is 1. The molecule has 4 rings (SSSR count). The lowest BCUT2D eigenvalue weighted by Crippen LogP contribution is -2.54. The van der Waals surface area contributed by atoms with E-state index < -0.39 is 0 Å². The summed E-state index contributed by atoms with van der Waals surface area (Å²) in [6.07, 6.45) is 0.852. The van der Waals surface area contributed by atoms with Gasteiger partial charge in [-0.15, -0.1) is 0 Å². The fourth-order valence-corrected chi connectivity index (χ4v) is 3.28. The van der Waals surface area contributed by atoms with Crippen LogP contribution in [0, 0.1) is 0 Å². The van der Waals surface area contributed by atoms with E-state index in [4.69, 9.17) is 14.9 Å². The highest BCUT2D eigenvalue weighted by Gasteiger charge is 2.32. The Morgan fingerprint density at radius 1 is 1.24 bits per heavy atom. The zero-order valence-electron chi connectivity index (χ0n) is 14.1. The second kappa shape index (κ2) is 6.26. The monoisotopic (exact) mass is 336 g/mol. The van der Waals surface area contributed by atoms with Gasteiger partial charge < -0.3 is 14.9 Å². The molecule has 1 atom stereocenters. The van der Waals surface area contributed by atoms with E-state index in [2.05, 4.69) is 11.0 Å². The first-order valence-corrected chi connectivity index (χ1v) is 8.34. The molecule has 5 nitrogen and oxygen atoms in total. The first kappa shape index (κ1) is 15.7. The average Bonchev–Trinajstić information content (AvgIpc) is 3.01. The number of primary amides is 1. The van der Waals surface area contributed by atoms with Gasteiger partial charge in [0.15, 0.2) is 0 Å². The molecule has 3 aromatic rings. The lowest BCUT2D eigenvalue weighted by molar-refractivity contribution is -0.127. The van der Waals surface area contributed by atoms with Crippen LogP contribution in [-0.2, 0) is 11.3 Å². The minimum Gasteiger partial charge on any atom is -0.497 e. The zero-order valence-corrected chi connectivity index (χ0v) is 14.1. The Hall–Kier alpha value is -2.79. The highest BCUT2D eigenvalue weighted by molar-refractivity contribution is 5.83. The van der Waals surface area contributed by atoms with Crippen molar-refractivity contribution in [3.8, 4) is 17.1 Å². The number of fused-ring (bicyclic) bond motifs is 1. The van der Waals surface area contributed by atoms with Gasteiger partial charge in [0.2, 0.25) is 5.91 Å². The van der Waals surface area contributed by atoms with E-state index in [1.165, 1.54) is 0 Å². The predicted molar refractivity (Wildman–Crippen MR) is 96.2 cm³/mol. The van der Waals surface area contributed by atoms with Gasteiger partial charge in [0.05, 0.1) is 13.2 Å². The van der Waals surface area contributed by atoms with Crippen LogP contribution in [0.15, 0.2) is 52.9 Å². The highest BCUT2D eigenvalue weighted by atomic mass is 16.5. The molecular formula is C20H20N2O3. The van der Waals surface area contributed by atoms with Gasteiger partial charge >= 0.3 is 0 Å². The van der Waals surface area contributed by atoms with Gasteiger partial charge in [-0.3, -0.25) is 9.69 Å². The zero-order chi connectivity index (χ0) is 17.4. The molecule has 0 spiro atoms. The van der Waals surface area contributed by atoms with Crippen molar-refractivity contribution in [3.05, 3.63) is 54.1 Å². The molecular weight excluding hydrogens is 316 g/mol. The first-order valence-electron chi connectivity index (χ1n) is 8.34. The van der Waals surface area contributed by atoms with Gasteiger partial charge in [0.1, 0.15) is 17.1 Å². The summed E-state index contributed by atoms with van der Waals surface area (Å²) in [4.78, 5) is 13.5. The first-order chi connectivity index (χ1) is 12.1. The summed E-state index contributed by atoms with van der Waals surface area (Å²) in [7, 11) is 1.65. The van der Waals surface area contributed by atoms with E-state index in [0.717, 1.165) is 53.1 Å². The van der Waals surface area contributed by atoms with Crippen LogP contribution in [-0.4, -0.2) is 30.5 Å². The third-order valence-corrected chi connectivity index (χ3v) is 4.80. The Labute approximate surface area is 146 Å². The van der Waals surface area contributed by atoms with Crippen molar-refractivity contribution in [2.45, 2.75) is 19.0 Å². The maximum atomic E-state index is 11.4. The third-order valence-electron chi connectivity index (χ3n) is 4.80. The predicted octanol–water partition coefficient (Wildman–Crippen LogP) is 3.17. The second-order valence-electron chi connectivity index (χ2n) is 6.39. The van der Waals surface area contributed by atoms with Crippen molar-refractivity contribution in [1.29, 1.82) is 0 Å². The van der Waals surface area contributed by atoms with Crippen LogP contribution in [0.2, 0.25) is 0 Å². The molecule has 1 amide bonds. The van der Waals surface area contributed by atoms with Gasteiger partial charge in [-0.05, 0) is 54.4 Å². The molecule has 2 heterocycles. The maximum absolute atomic E-state index is 11.4. The molecule has 2 N–H and O–H groups in total. The largest absolute Gasteiger partial charge is 0.497 e. The molecule has 5 heteroatoms. The van der Waals surface area contributed by atoms with Gasteiger partial charge in [0, 0.05) is 24.0 Å². The molecule has 1 aliphatic heterocycles. The van der Waals surface area contributed by atoms with Crippen LogP contribution in [0.3, 0.4) is 0 Å². The number of likely N-dealkylation sites (tertiary alicyclic amines) is 1. The standard InChI is InChI=1S/C20H20N2O3/c1-24-16-5-3-14(4-6-16)19-11-15-10-13(2-7-18(15)25-19)12-22-9-8-17(22)20(21)23/h2-7,10-11,17H,8-9,12H2,1H3,(H2,21,23)/t17-/m0/s1. The van der Waals surface area contributed by atoms with Crippen LogP contribution in [0.5, 0.6) is 5.75 Å². The van der Waals surface area contributed by atoms with E-state index in [1.54, 1.807) is 7.11 Å². The highest BCUT2D eigenvalue weighted by Crippen LogP contribution is 2.30. The van der Waals surface area contributed by atoms with E-state index in [0.29, 0.717) is 0 Å². The van der Waals surface area contributed by atoms with Crippen molar-refractivity contribution in [3.63, 3.8) is 0 Å². The molecule has 1 aliphatic rings. The molecule has 2 aromatic carbocycles. The van der Waals surface area contributed by atoms with Crippen molar-refractivity contribution in [2.75, 3.05) is 13.7 Å². The molecule has 0 unspecified atom stereocenters. The van der Waals surface area contributed by atoms with Gasteiger partial charge in [-0.1, -0.05) is 6.07 Å². The number of hydrogen-bond acceptors (Lipinski definition) is 4. The fourth-order valence-electron chi connectivity index (χ4n) is 3.28. The number of hydrogen-bond donors (Lipinski definition) is 1. The number of furan rings is 1. The number of carbonyl (C=O) groups excluding carboxylic acids is 1. The topological polar surface area (TPSA) is 68.7 Å². The molecule has 1 fully saturated rings. The summed E-state index contributed by atoms with van der Waals surface area (Å²) < 4.78 is 11.1. The summed E-state index contributed by atoms with van der Waals surface area (Å²) in [5, 5.41) is 1.06. The lowest BCUT2D eigenvalue weighted by Gasteiger charge is -2.38. The Morgan fingerprint density at radius 2 is 2.04 bits per heavy atom. The van der Waals surface area contributed by atoms with Crippen molar-refractivity contribution < 1.29 is 13.9 Å². The van der Waals surface area contributed by atoms with Crippen LogP contribution in [0.25, 0.3) is 22.3 Å². The molecule has 0 saturated carbocycles. The van der Waals surface area contributed by atoms with Crippen molar-refractivity contribution in [2.24, 2.45) is 5.73 Å². The normalized spacial score (nSPS) is 17.4. The molecule has 25 heavy (non-hydrogen) atoms. The Morgan fingerprint density at radius 3 is 2.68 bits per heavy atom. The summed E-state index contributed by atoms with van der Waals surface area (Å²) in [6.45, 7) is 1.64. The minimum atomic E-state index is -0.238. The number of amides is 1. The minimum absolute atomic E-state index is 0.130. The number of methoxy groups -OCH3 is 1. The smallest absolute Gasteiger partial charge is 0.234 e. The second-order valence-corrected chi connectivity index (χ2v) is 6.39. The summed E-state index contributed by atoms with van der Waals surface area (Å²) in [5.74, 6) is 1.41. The van der Waals surface area contributed by atoms with Gasteiger partial charge in [-0.2, -0.15) is 0 Å². The lowest BCUT2D eigenvalue weighted by atomic mass is 10.0. The van der Waals surface area contributed by atoms with Crippen LogP contribution in [0.4, 0.5) is 0 Å². The molecule has 1 saturated heterocycles. The van der Waals surface area contributed by atoms with Crippen LogP contribution >= 0.6 is 0 Å². The van der Waals surface area contributed by atoms with Crippen LogP contribution in [0.1, 0.15) is 12.0 Å². The number of nitrogens with two attached hydrogens (primary N) is 1. The average molecular weight is 336 g/mol. The SMILES string of the molecule is COc1ccc(-c2cc3cc(CN4CC[C@H]4C(N)=O)ccc3o2)cc1. The molecule has 0 aliphatic carbocycles. The van der Waals surface area contributed by atoms with Crippen molar-refractivity contribution in [1.82, 2.24) is 4.90 Å². The quantitative estimate of drug-likeness (QED) is 0.777. The molecule has 0 radical (unpaired) electrons. The van der Waals surface area contributed by atoms with Gasteiger partial charge in [0.25, 0.3) is 0 Å². The number of ether oxygens (including phenoxy) is 1. The van der Waals surface area contributed by atoms with E-state index in [1.807, 2.05) is 42.5 Å². The summed E-state index contributed by atoms with van der Waals surface area (Å²) in [6, 6.07) is 15.9. The van der Waals surface area contributed by atoms with Gasteiger partial charge in [-0.25, -0.2) is 0 Å². The van der Waals surface area contributed by atoms with Crippen LogP contribution < -0.4 is 10.5 Å². The molecule has 128 valence electrons. The molecule has 0 bridgehead atoms. The fraction of sp³-hybridized carbons (Fsp3) is 0.250. The summed E-state index contributed by atoms with van der Waals surface area (Å²) >= 11 is 0. The number of benzene rings is 2. The Kier molecular flexibility index (Phi) is 3.93. The number of rotatable bonds is 5. The maximum Gasteiger partial charge on any atom is 0.234 e. The summed E-state index contributed by atoms with van der Waals surface area (Å²) in [5.41, 5.74) is 8.43. The van der Waals surface area contributed by atoms with E-state index in [-0.39, 0.29) is 11.9 Å². The Bertz CT molecular complexity index is 914. The Balaban J connectivity index is 1.57. The van der Waals surface area contributed by atoms with Crippen molar-refractivity contribution >= 4 is 16.9 Å².